The standard InChI is InChI=1S/C21H20BrN5O3S/c22-14-4-1-3-13(11-14)16(26-8-6-12(7-9-26)18(23)28)17-20(29)27-21(31-17)24-19(25-27)15-5-2-10-30-15/h1-5,10-12,16,29H,6-9H2,(H2,23,28). The number of piperidine rings is 1. The Hall–Kier alpha value is -2.69. The van der Waals surface area contributed by atoms with E-state index < -0.39 is 0 Å². The van der Waals surface area contributed by atoms with E-state index in [4.69, 9.17) is 10.2 Å². The number of aromatic hydroxyl groups is 1. The first kappa shape index (κ1) is 20.2. The van der Waals surface area contributed by atoms with Crippen molar-refractivity contribution in [2.75, 3.05) is 13.1 Å². The number of carbonyl (C=O) groups is 1. The molecule has 0 aliphatic carbocycles. The molecule has 4 aromatic rings. The van der Waals surface area contributed by atoms with E-state index in [2.05, 4.69) is 37.0 Å². The SMILES string of the molecule is NC(=O)C1CCN(C(c2cccc(Br)c2)c2sc3nc(-c4ccco4)nn3c2O)CC1. The maximum absolute atomic E-state index is 11.6. The van der Waals surface area contributed by atoms with Crippen LogP contribution in [0.4, 0.5) is 0 Å². The zero-order valence-corrected chi connectivity index (χ0v) is 18.8. The number of nitrogens with two attached hydrogens (primary N) is 1. The van der Waals surface area contributed by atoms with Gasteiger partial charge in [-0.05, 0) is 55.8 Å². The molecule has 0 bridgehead atoms. The monoisotopic (exact) mass is 501 g/mol. The van der Waals surface area contributed by atoms with E-state index in [1.165, 1.54) is 15.9 Å². The number of hydrogen-bond donors (Lipinski definition) is 2. The van der Waals surface area contributed by atoms with E-state index in [0.29, 0.717) is 42.5 Å². The van der Waals surface area contributed by atoms with Gasteiger partial charge in [-0.1, -0.05) is 39.4 Å². The largest absolute Gasteiger partial charge is 0.492 e. The number of nitrogens with zero attached hydrogens (tertiary/aromatic N) is 4. The van der Waals surface area contributed by atoms with Crippen LogP contribution in [0.25, 0.3) is 16.5 Å². The number of hydrogen-bond acceptors (Lipinski definition) is 7. The topological polar surface area (TPSA) is 110 Å². The Labute approximate surface area is 190 Å². The van der Waals surface area contributed by atoms with Crippen LogP contribution in [-0.2, 0) is 4.79 Å². The summed E-state index contributed by atoms with van der Waals surface area (Å²) in [5.41, 5.74) is 6.56. The van der Waals surface area contributed by atoms with Gasteiger partial charge in [-0.15, -0.1) is 5.10 Å². The smallest absolute Gasteiger partial charge is 0.230 e. The predicted molar refractivity (Wildman–Crippen MR) is 120 cm³/mol. The Morgan fingerprint density at radius 3 is 2.74 bits per heavy atom. The van der Waals surface area contributed by atoms with E-state index in [9.17, 15) is 9.90 Å². The molecule has 31 heavy (non-hydrogen) atoms. The minimum atomic E-state index is -0.245. The fraction of sp³-hybridized carbons (Fsp3) is 0.286. The summed E-state index contributed by atoms with van der Waals surface area (Å²) in [7, 11) is 0. The second-order valence-electron chi connectivity index (χ2n) is 7.57. The van der Waals surface area contributed by atoms with Gasteiger partial charge in [0, 0.05) is 10.4 Å². The maximum atomic E-state index is 11.6. The molecular weight excluding hydrogens is 482 g/mol. The van der Waals surface area contributed by atoms with E-state index in [-0.39, 0.29) is 23.7 Å². The van der Waals surface area contributed by atoms with Gasteiger partial charge in [0.1, 0.15) is 0 Å². The molecule has 160 valence electrons. The number of primary amides is 1. The third-order valence-corrected chi connectivity index (χ3v) is 7.22. The first-order valence-electron chi connectivity index (χ1n) is 9.92. The van der Waals surface area contributed by atoms with Crippen molar-refractivity contribution >= 4 is 38.1 Å². The van der Waals surface area contributed by atoms with Crippen LogP contribution in [0.3, 0.4) is 0 Å². The molecule has 1 aromatic carbocycles. The van der Waals surface area contributed by atoms with Crippen molar-refractivity contribution in [3.8, 4) is 17.5 Å². The van der Waals surface area contributed by atoms with Crippen molar-refractivity contribution in [2.45, 2.75) is 18.9 Å². The van der Waals surface area contributed by atoms with E-state index in [1.807, 2.05) is 18.2 Å². The summed E-state index contributed by atoms with van der Waals surface area (Å²) >= 11 is 4.95. The lowest BCUT2D eigenvalue weighted by Crippen LogP contribution is -2.40. The molecular formula is C21H20BrN5O3S. The van der Waals surface area contributed by atoms with Crippen LogP contribution in [-0.4, -0.2) is 43.6 Å². The van der Waals surface area contributed by atoms with Crippen molar-refractivity contribution < 1.29 is 14.3 Å². The van der Waals surface area contributed by atoms with Gasteiger partial charge in [0.05, 0.1) is 17.2 Å². The molecule has 8 nitrogen and oxygen atoms in total. The van der Waals surface area contributed by atoms with Gasteiger partial charge in [0.15, 0.2) is 5.76 Å². The Balaban J connectivity index is 1.55. The Morgan fingerprint density at radius 2 is 2.10 bits per heavy atom. The van der Waals surface area contributed by atoms with Gasteiger partial charge >= 0.3 is 0 Å². The zero-order chi connectivity index (χ0) is 21.5. The number of aromatic nitrogens is 3. The van der Waals surface area contributed by atoms with Crippen LogP contribution in [0.5, 0.6) is 5.88 Å². The van der Waals surface area contributed by atoms with Crippen LogP contribution in [0.1, 0.15) is 29.3 Å². The summed E-state index contributed by atoms with van der Waals surface area (Å²) in [6.07, 6.45) is 2.96. The number of carbonyl (C=O) groups excluding carboxylic acids is 1. The summed E-state index contributed by atoms with van der Waals surface area (Å²) in [6.45, 7) is 1.41. The number of likely N-dealkylation sites (tertiary alicyclic amines) is 1. The van der Waals surface area contributed by atoms with Gasteiger partial charge in [-0.25, -0.2) is 0 Å². The molecule has 1 amide bonds. The lowest BCUT2D eigenvalue weighted by Gasteiger charge is -2.36. The van der Waals surface area contributed by atoms with E-state index in [1.54, 1.807) is 18.4 Å². The molecule has 1 aliphatic heterocycles. The van der Waals surface area contributed by atoms with Gasteiger partial charge in [0.25, 0.3) is 0 Å². The number of amides is 1. The number of halogens is 1. The summed E-state index contributed by atoms with van der Waals surface area (Å²) in [6, 6.07) is 11.4. The maximum Gasteiger partial charge on any atom is 0.230 e. The van der Waals surface area contributed by atoms with Crippen molar-refractivity contribution in [3.05, 3.63) is 57.6 Å². The second-order valence-corrected chi connectivity index (χ2v) is 9.49. The van der Waals surface area contributed by atoms with Gasteiger partial charge in [0.2, 0.25) is 22.6 Å². The van der Waals surface area contributed by atoms with Crippen LogP contribution in [0.15, 0.2) is 51.6 Å². The minimum Gasteiger partial charge on any atom is -0.492 e. The summed E-state index contributed by atoms with van der Waals surface area (Å²) in [4.78, 5) is 19.8. The number of rotatable bonds is 5. The Bertz CT molecular complexity index is 1230. The number of furan rings is 1. The molecule has 0 spiro atoms. The van der Waals surface area contributed by atoms with Crippen molar-refractivity contribution in [2.24, 2.45) is 11.7 Å². The number of thiazole rings is 1. The predicted octanol–water partition coefficient (Wildman–Crippen LogP) is 3.81. The molecule has 3 aromatic heterocycles. The fourth-order valence-corrected chi connectivity index (χ4v) is 5.62. The molecule has 5 rings (SSSR count). The normalized spacial score (nSPS) is 16.7. The van der Waals surface area contributed by atoms with Crippen LogP contribution in [0.2, 0.25) is 0 Å². The van der Waals surface area contributed by atoms with E-state index >= 15 is 0 Å². The quantitative estimate of drug-likeness (QED) is 0.430. The van der Waals surface area contributed by atoms with Crippen LogP contribution >= 0.6 is 27.3 Å². The molecule has 1 unspecified atom stereocenters. The van der Waals surface area contributed by atoms with Crippen molar-refractivity contribution in [3.63, 3.8) is 0 Å². The lowest BCUT2D eigenvalue weighted by molar-refractivity contribution is -0.123. The highest BCUT2D eigenvalue weighted by atomic mass is 79.9. The highest BCUT2D eigenvalue weighted by Crippen LogP contribution is 2.42. The van der Waals surface area contributed by atoms with Crippen molar-refractivity contribution in [1.82, 2.24) is 19.5 Å². The van der Waals surface area contributed by atoms with Crippen LogP contribution < -0.4 is 5.73 Å². The van der Waals surface area contributed by atoms with Gasteiger partial charge < -0.3 is 15.3 Å². The Kier molecular flexibility index (Phi) is 5.28. The van der Waals surface area contributed by atoms with Gasteiger partial charge in [-0.2, -0.15) is 9.50 Å². The third-order valence-electron chi connectivity index (χ3n) is 5.65. The minimum absolute atomic E-state index is 0.0623. The highest BCUT2D eigenvalue weighted by Gasteiger charge is 2.33. The molecule has 10 heteroatoms. The average molecular weight is 502 g/mol. The number of fused-ring (bicyclic) bond motifs is 1. The first-order chi connectivity index (χ1) is 15.0. The number of benzene rings is 1. The fourth-order valence-electron chi connectivity index (χ4n) is 4.09. The van der Waals surface area contributed by atoms with Gasteiger partial charge in [-0.3, -0.25) is 9.69 Å². The van der Waals surface area contributed by atoms with Crippen LogP contribution in [0, 0.1) is 5.92 Å². The molecule has 1 saturated heterocycles. The summed E-state index contributed by atoms with van der Waals surface area (Å²) < 4.78 is 7.79. The van der Waals surface area contributed by atoms with E-state index in [0.717, 1.165) is 14.9 Å². The molecule has 1 fully saturated rings. The zero-order valence-electron chi connectivity index (χ0n) is 16.4. The second kappa shape index (κ2) is 8.10. The molecule has 0 saturated carbocycles. The molecule has 0 radical (unpaired) electrons. The molecule has 3 N–H and O–H groups in total. The molecule has 4 heterocycles. The first-order valence-corrected chi connectivity index (χ1v) is 11.5. The van der Waals surface area contributed by atoms with Crippen molar-refractivity contribution in [1.29, 1.82) is 0 Å². The Morgan fingerprint density at radius 1 is 1.29 bits per heavy atom. The highest BCUT2D eigenvalue weighted by molar-refractivity contribution is 9.10. The lowest BCUT2D eigenvalue weighted by atomic mass is 9.93. The molecule has 1 atom stereocenters. The average Bonchev–Trinajstić information content (AvgIpc) is 3.48. The summed E-state index contributed by atoms with van der Waals surface area (Å²) in [5, 5.41) is 15.5. The third kappa shape index (κ3) is 3.75. The molecule has 1 aliphatic rings. The summed E-state index contributed by atoms with van der Waals surface area (Å²) in [5.74, 6) is 0.692.